The molecule has 0 saturated carbocycles. The number of benzene rings is 2. The van der Waals surface area contributed by atoms with Crippen molar-refractivity contribution >= 4 is 5.91 Å². The van der Waals surface area contributed by atoms with E-state index < -0.39 is 0 Å². The Kier molecular flexibility index (Phi) is 5.49. The lowest BCUT2D eigenvalue weighted by Gasteiger charge is -2.32. The van der Waals surface area contributed by atoms with Gasteiger partial charge in [0.1, 0.15) is 11.9 Å². The lowest BCUT2D eigenvalue weighted by atomic mass is 10.0. The molecule has 1 heterocycles. The van der Waals surface area contributed by atoms with Crippen LogP contribution in [0.1, 0.15) is 30.9 Å². The van der Waals surface area contributed by atoms with Gasteiger partial charge in [-0.1, -0.05) is 48.5 Å². The zero-order valence-electron chi connectivity index (χ0n) is 13.8. The van der Waals surface area contributed by atoms with Crippen molar-refractivity contribution in [1.82, 2.24) is 4.90 Å². The first-order valence-electron chi connectivity index (χ1n) is 8.52. The van der Waals surface area contributed by atoms with Crippen LogP contribution >= 0.6 is 0 Å². The van der Waals surface area contributed by atoms with Crippen molar-refractivity contribution in [3.63, 3.8) is 0 Å². The second-order valence-electron chi connectivity index (χ2n) is 6.23. The summed E-state index contributed by atoms with van der Waals surface area (Å²) in [7, 11) is 0. The molecule has 1 amide bonds. The number of nitrogens with zero attached hydrogens (tertiary/aromatic N) is 1. The Labute approximate surface area is 143 Å². The maximum atomic E-state index is 12.5. The summed E-state index contributed by atoms with van der Waals surface area (Å²) in [6.45, 7) is 1.47. The minimum atomic E-state index is -0.239. The number of hydrogen-bond donors (Lipinski definition) is 1. The third kappa shape index (κ3) is 4.36. The van der Waals surface area contributed by atoms with Crippen molar-refractivity contribution in [2.75, 3.05) is 13.1 Å². The van der Waals surface area contributed by atoms with Gasteiger partial charge < -0.3 is 15.4 Å². The first-order chi connectivity index (χ1) is 11.7. The summed E-state index contributed by atoms with van der Waals surface area (Å²) in [5.41, 5.74) is 7.17. The lowest BCUT2D eigenvalue weighted by Crippen LogP contribution is -2.42. The zero-order chi connectivity index (χ0) is 16.8. The van der Waals surface area contributed by atoms with Crippen molar-refractivity contribution < 1.29 is 9.53 Å². The van der Waals surface area contributed by atoms with Crippen LogP contribution in [0, 0.1) is 0 Å². The minimum absolute atomic E-state index is 0.129. The summed E-state index contributed by atoms with van der Waals surface area (Å²) in [6.07, 6.45) is 2.26. The molecule has 1 aliphatic rings. The van der Waals surface area contributed by atoms with E-state index in [0.29, 0.717) is 6.42 Å². The molecule has 0 aliphatic carbocycles. The van der Waals surface area contributed by atoms with E-state index in [0.717, 1.165) is 37.2 Å². The number of carbonyl (C=O) groups excluding carboxylic acids is 1. The van der Waals surface area contributed by atoms with Crippen LogP contribution in [0.4, 0.5) is 0 Å². The Hall–Kier alpha value is -2.33. The average molecular weight is 324 g/mol. The van der Waals surface area contributed by atoms with Crippen molar-refractivity contribution in [2.24, 2.45) is 5.73 Å². The second kappa shape index (κ2) is 7.97. The molecular weight excluding hydrogens is 300 g/mol. The van der Waals surface area contributed by atoms with Gasteiger partial charge in [0.05, 0.1) is 0 Å². The van der Waals surface area contributed by atoms with E-state index in [9.17, 15) is 4.79 Å². The minimum Gasteiger partial charge on any atom is -0.490 e. The van der Waals surface area contributed by atoms with Gasteiger partial charge in [-0.15, -0.1) is 0 Å². The van der Waals surface area contributed by atoms with Gasteiger partial charge in [0.15, 0.2) is 0 Å². The van der Waals surface area contributed by atoms with E-state index in [1.807, 2.05) is 65.6 Å². The normalized spacial score (nSPS) is 16.6. The molecule has 0 bridgehead atoms. The van der Waals surface area contributed by atoms with E-state index >= 15 is 0 Å². The van der Waals surface area contributed by atoms with Gasteiger partial charge in [-0.2, -0.15) is 0 Å². The predicted molar refractivity (Wildman–Crippen MR) is 94.7 cm³/mol. The maximum absolute atomic E-state index is 12.5. The molecule has 1 atom stereocenters. The van der Waals surface area contributed by atoms with Crippen LogP contribution in [-0.4, -0.2) is 30.0 Å². The number of piperidine rings is 1. The van der Waals surface area contributed by atoms with Gasteiger partial charge in [-0.25, -0.2) is 0 Å². The van der Waals surface area contributed by atoms with E-state index in [2.05, 4.69) is 0 Å². The summed E-state index contributed by atoms with van der Waals surface area (Å²) in [4.78, 5) is 14.4. The molecule has 1 unspecified atom stereocenters. The molecule has 2 N–H and O–H groups in total. The van der Waals surface area contributed by atoms with Gasteiger partial charge in [-0.05, 0) is 17.7 Å². The molecule has 4 nitrogen and oxygen atoms in total. The summed E-state index contributed by atoms with van der Waals surface area (Å²) >= 11 is 0. The number of ether oxygens (including phenoxy) is 1. The van der Waals surface area contributed by atoms with Gasteiger partial charge in [0.2, 0.25) is 5.91 Å². The molecule has 2 aromatic rings. The van der Waals surface area contributed by atoms with E-state index in [4.69, 9.17) is 10.5 Å². The Balaban J connectivity index is 1.47. The highest BCUT2D eigenvalue weighted by Crippen LogP contribution is 2.21. The molecule has 2 aromatic carbocycles. The third-order valence-corrected chi connectivity index (χ3v) is 4.46. The van der Waals surface area contributed by atoms with Gasteiger partial charge in [0, 0.05) is 38.4 Å². The molecule has 3 rings (SSSR count). The number of rotatable bonds is 5. The third-order valence-electron chi connectivity index (χ3n) is 4.46. The topological polar surface area (TPSA) is 55.6 Å². The highest BCUT2D eigenvalue weighted by Gasteiger charge is 2.25. The Morgan fingerprint density at radius 2 is 1.62 bits per heavy atom. The number of likely N-dealkylation sites (tertiary alicyclic amines) is 1. The number of amides is 1. The number of nitrogens with two attached hydrogens (primary N) is 1. The monoisotopic (exact) mass is 324 g/mol. The number of para-hydroxylation sites is 1. The highest BCUT2D eigenvalue weighted by molar-refractivity contribution is 5.77. The molecule has 1 fully saturated rings. The molecule has 1 saturated heterocycles. The molecule has 1 aliphatic heterocycles. The SMILES string of the molecule is NC(CC(=O)N1CCC(Oc2ccccc2)CC1)c1ccccc1. The van der Waals surface area contributed by atoms with Crippen LogP contribution in [0.15, 0.2) is 60.7 Å². The molecule has 126 valence electrons. The molecule has 0 spiro atoms. The lowest BCUT2D eigenvalue weighted by molar-refractivity contribution is -0.133. The van der Waals surface area contributed by atoms with Crippen molar-refractivity contribution in [2.45, 2.75) is 31.4 Å². The first kappa shape index (κ1) is 16.5. The van der Waals surface area contributed by atoms with E-state index in [-0.39, 0.29) is 18.1 Å². The molecule has 24 heavy (non-hydrogen) atoms. The number of hydrogen-bond acceptors (Lipinski definition) is 3. The molecular formula is C20H24N2O2. The van der Waals surface area contributed by atoms with Gasteiger partial charge in [-0.3, -0.25) is 4.79 Å². The summed E-state index contributed by atoms with van der Waals surface area (Å²) in [5.74, 6) is 1.03. The van der Waals surface area contributed by atoms with Gasteiger partial charge in [0.25, 0.3) is 0 Å². The van der Waals surface area contributed by atoms with Crippen molar-refractivity contribution in [3.05, 3.63) is 66.2 Å². The van der Waals surface area contributed by atoms with Crippen LogP contribution in [0.25, 0.3) is 0 Å². The second-order valence-corrected chi connectivity index (χ2v) is 6.23. The van der Waals surface area contributed by atoms with E-state index in [1.165, 1.54) is 0 Å². The Morgan fingerprint density at radius 3 is 2.25 bits per heavy atom. The predicted octanol–water partition coefficient (Wildman–Crippen LogP) is 3.15. The molecule has 4 heteroatoms. The van der Waals surface area contributed by atoms with Crippen molar-refractivity contribution in [3.8, 4) is 5.75 Å². The average Bonchev–Trinajstić information content (AvgIpc) is 2.64. The first-order valence-corrected chi connectivity index (χ1v) is 8.52. The summed E-state index contributed by atoms with van der Waals surface area (Å²) in [6, 6.07) is 19.4. The van der Waals surface area contributed by atoms with Crippen LogP contribution in [-0.2, 0) is 4.79 Å². The van der Waals surface area contributed by atoms with Gasteiger partial charge >= 0.3 is 0 Å². The van der Waals surface area contributed by atoms with E-state index in [1.54, 1.807) is 0 Å². The van der Waals surface area contributed by atoms with Crippen LogP contribution < -0.4 is 10.5 Å². The Bertz CT molecular complexity index is 637. The highest BCUT2D eigenvalue weighted by atomic mass is 16.5. The summed E-state index contributed by atoms with van der Waals surface area (Å²) < 4.78 is 5.97. The molecule has 0 aromatic heterocycles. The quantitative estimate of drug-likeness (QED) is 0.919. The largest absolute Gasteiger partial charge is 0.490 e. The Morgan fingerprint density at radius 1 is 1.04 bits per heavy atom. The van der Waals surface area contributed by atoms with Crippen LogP contribution in [0.3, 0.4) is 0 Å². The number of carbonyl (C=O) groups is 1. The fraction of sp³-hybridized carbons (Fsp3) is 0.350. The zero-order valence-corrected chi connectivity index (χ0v) is 13.8. The standard InChI is InChI=1S/C20H24N2O2/c21-19(16-7-3-1-4-8-16)15-20(23)22-13-11-18(12-14-22)24-17-9-5-2-6-10-17/h1-10,18-19H,11-15,21H2. The maximum Gasteiger partial charge on any atom is 0.224 e. The fourth-order valence-electron chi connectivity index (χ4n) is 3.05. The van der Waals surface area contributed by atoms with Crippen LogP contribution in [0.2, 0.25) is 0 Å². The molecule has 0 radical (unpaired) electrons. The summed E-state index contributed by atoms with van der Waals surface area (Å²) in [5, 5.41) is 0. The van der Waals surface area contributed by atoms with Crippen LogP contribution in [0.5, 0.6) is 5.75 Å². The van der Waals surface area contributed by atoms with Crippen molar-refractivity contribution in [1.29, 1.82) is 0 Å². The fourth-order valence-corrected chi connectivity index (χ4v) is 3.05. The smallest absolute Gasteiger partial charge is 0.224 e.